The smallest absolute Gasteiger partial charge is 0.340 e. The number of benzene rings is 2. The van der Waals surface area contributed by atoms with E-state index in [-0.39, 0.29) is 4.90 Å². The number of nitrogens with zero attached hydrogens (tertiary/aromatic N) is 2. The van der Waals surface area contributed by atoms with E-state index in [2.05, 4.69) is 5.32 Å². The number of aromatic nitrogens is 1. The second-order valence-electron chi connectivity index (χ2n) is 8.22. The molecule has 9 heteroatoms. The van der Waals surface area contributed by atoms with Gasteiger partial charge in [0.2, 0.25) is 10.0 Å². The lowest BCUT2D eigenvalue weighted by Crippen LogP contribution is -2.27. The Morgan fingerprint density at radius 2 is 1.62 bits per heavy atom. The lowest BCUT2D eigenvalue weighted by Gasteiger charge is -2.15. The summed E-state index contributed by atoms with van der Waals surface area (Å²) in [4.78, 5) is 25.1. The lowest BCUT2D eigenvalue weighted by molar-refractivity contribution is -0.119. The highest BCUT2D eigenvalue weighted by Gasteiger charge is 2.27. The van der Waals surface area contributed by atoms with Crippen LogP contribution < -0.4 is 5.32 Å². The van der Waals surface area contributed by atoms with Gasteiger partial charge in [-0.2, -0.15) is 4.31 Å². The molecule has 34 heavy (non-hydrogen) atoms. The molecule has 2 heterocycles. The molecule has 1 aromatic heterocycles. The summed E-state index contributed by atoms with van der Waals surface area (Å²) in [5.74, 6) is -1.10. The molecule has 0 atom stereocenters. The molecule has 0 aliphatic carbocycles. The fourth-order valence-electron chi connectivity index (χ4n) is 4.14. The van der Waals surface area contributed by atoms with Crippen molar-refractivity contribution < 1.29 is 22.7 Å². The van der Waals surface area contributed by atoms with Crippen LogP contribution >= 0.6 is 0 Å². The van der Waals surface area contributed by atoms with Crippen molar-refractivity contribution >= 4 is 27.6 Å². The first-order valence-electron chi connectivity index (χ1n) is 11.1. The lowest BCUT2D eigenvalue weighted by atomic mass is 10.2. The molecule has 0 unspecified atom stereocenters. The zero-order valence-electron chi connectivity index (χ0n) is 19.2. The number of nitrogens with one attached hydrogen (secondary N) is 1. The standard InChI is InChI=1S/C25H27N3O5S/c1-18-16-23(19(2)28(18)21-8-4-3-5-9-21)25(30)33-17-24(29)26-20-10-12-22(13-11-20)34(31,32)27-14-6-7-15-27/h3-5,8-13,16H,6-7,14-15,17H2,1-2H3,(H,26,29). The fourth-order valence-corrected chi connectivity index (χ4v) is 5.65. The highest BCUT2D eigenvalue weighted by molar-refractivity contribution is 7.89. The van der Waals surface area contributed by atoms with Crippen molar-refractivity contribution in [3.05, 3.63) is 77.6 Å². The number of esters is 1. The zero-order valence-corrected chi connectivity index (χ0v) is 20.0. The van der Waals surface area contributed by atoms with Gasteiger partial charge in [-0.1, -0.05) is 18.2 Å². The molecule has 4 rings (SSSR count). The summed E-state index contributed by atoms with van der Waals surface area (Å²) in [6.07, 6.45) is 1.73. The molecule has 1 aliphatic heterocycles. The molecule has 3 aromatic rings. The number of ether oxygens (including phenoxy) is 1. The average Bonchev–Trinajstić information content (AvgIpc) is 3.47. The Morgan fingerprint density at radius 3 is 2.26 bits per heavy atom. The third-order valence-corrected chi connectivity index (χ3v) is 7.75. The van der Waals surface area contributed by atoms with Crippen LogP contribution in [0.3, 0.4) is 0 Å². The SMILES string of the molecule is Cc1cc(C(=O)OCC(=O)Nc2ccc(S(=O)(=O)N3CCCC3)cc2)c(C)n1-c1ccccc1. The summed E-state index contributed by atoms with van der Waals surface area (Å²) < 4.78 is 33.9. The molecule has 0 saturated carbocycles. The number of carbonyl (C=O) groups excluding carboxylic acids is 2. The minimum atomic E-state index is -3.51. The molecule has 0 bridgehead atoms. The first-order chi connectivity index (χ1) is 16.3. The molecular formula is C25H27N3O5S. The van der Waals surface area contributed by atoms with E-state index < -0.39 is 28.5 Å². The maximum absolute atomic E-state index is 12.6. The van der Waals surface area contributed by atoms with E-state index in [1.165, 1.54) is 28.6 Å². The number of amides is 1. The summed E-state index contributed by atoms with van der Waals surface area (Å²) in [6, 6.07) is 17.4. The summed E-state index contributed by atoms with van der Waals surface area (Å²) in [7, 11) is -3.51. The van der Waals surface area contributed by atoms with Crippen molar-refractivity contribution in [2.75, 3.05) is 25.0 Å². The minimum absolute atomic E-state index is 0.188. The summed E-state index contributed by atoms with van der Waals surface area (Å²) in [5, 5.41) is 2.62. The maximum Gasteiger partial charge on any atom is 0.340 e. The van der Waals surface area contributed by atoms with E-state index >= 15 is 0 Å². The first-order valence-corrected chi connectivity index (χ1v) is 12.5. The Bertz CT molecular complexity index is 1290. The van der Waals surface area contributed by atoms with Crippen molar-refractivity contribution in [2.24, 2.45) is 0 Å². The number of anilines is 1. The number of carbonyl (C=O) groups is 2. The number of rotatable bonds is 7. The van der Waals surface area contributed by atoms with Gasteiger partial charge in [-0.3, -0.25) is 4.79 Å². The highest BCUT2D eigenvalue weighted by Crippen LogP contribution is 2.23. The van der Waals surface area contributed by atoms with E-state index in [0.717, 1.165) is 29.9 Å². The number of hydrogen-bond acceptors (Lipinski definition) is 5. The third-order valence-electron chi connectivity index (χ3n) is 5.84. The van der Waals surface area contributed by atoms with Crippen LogP contribution in [0.1, 0.15) is 34.6 Å². The van der Waals surface area contributed by atoms with Crippen molar-refractivity contribution in [1.82, 2.24) is 8.87 Å². The van der Waals surface area contributed by atoms with Gasteiger partial charge in [0.05, 0.1) is 10.5 Å². The van der Waals surface area contributed by atoms with Crippen molar-refractivity contribution in [3.8, 4) is 5.69 Å². The predicted octanol–water partition coefficient (Wildman–Crippen LogP) is 3.67. The van der Waals surface area contributed by atoms with Crippen LogP contribution in [-0.2, 0) is 19.6 Å². The Morgan fingerprint density at radius 1 is 0.971 bits per heavy atom. The van der Waals surface area contributed by atoms with Crippen molar-refractivity contribution in [3.63, 3.8) is 0 Å². The van der Waals surface area contributed by atoms with Crippen LogP contribution in [0.15, 0.2) is 65.6 Å². The largest absolute Gasteiger partial charge is 0.452 e. The van der Waals surface area contributed by atoms with Gasteiger partial charge in [-0.25, -0.2) is 13.2 Å². The Kier molecular flexibility index (Phi) is 6.85. The summed E-state index contributed by atoms with van der Waals surface area (Å²) >= 11 is 0. The molecular weight excluding hydrogens is 454 g/mol. The second-order valence-corrected chi connectivity index (χ2v) is 10.2. The predicted molar refractivity (Wildman–Crippen MR) is 129 cm³/mol. The number of aryl methyl sites for hydroxylation is 1. The Hall–Kier alpha value is -3.43. The Balaban J connectivity index is 1.36. The number of para-hydroxylation sites is 1. The quantitative estimate of drug-likeness (QED) is 0.519. The topological polar surface area (TPSA) is 97.7 Å². The molecule has 1 fully saturated rings. The summed E-state index contributed by atoms with van der Waals surface area (Å²) in [5.41, 5.74) is 3.35. The molecule has 0 spiro atoms. The van der Waals surface area contributed by atoms with Gasteiger partial charge in [0.1, 0.15) is 0 Å². The van der Waals surface area contributed by atoms with Crippen LogP contribution in [-0.4, -0.2) is 48.9 Å². The molecule has 1 amide bonds. The molecule has 178 valence electrons. The second kappa shape index (κ2) is 9.82. The minimum Gasteiger partial charge on any atom is -0.452 e. The normalized spacial score (nSPS) is 14.2. The van der Waals surface area contributed by atoms with Crippen molar-refractivity contribution in [1.29, 1.82) is 0 Å². The fraction of sp³-hybridized carbons (Fsp3) is 0.280. The molecule has 1 aliphatic rings. The average molecular weight is 482 g/mol. The van der Waals surface area contributed by atoms with Gasteiger partial charge in [-0.15, -0.1) is 0 Å². The highest BCUT2D eigenvalue weighted by atomic mass is 32.2. The van der Waals surface area contributed by atoms with Crippen LogP contribution in [0, 0.1) is 13.8 Å². The molecule has 2 aromatic carbocycles. The molecule has 1 N–H and O–H groups in total. The van der Waals surface area contributed by atoms with Crippen molar-refractivity contribution in [2.45, 2.75) is 31.6 Å². The summed E-state index contributed by atoms with van der Waals surface area (Å²) in [6.45, 7) is 4.33. The monoisotopic (exact) mass is 481 g/mol. The number of sulfonamides is 1. The van der Waals surface area contributed by atoms with Crippen LogP contribution in [0.2, 0.25) is 0 Å². The van der Waals surface area contributed by atoms with Gasteiger partial charge in [0.25, 0.3) is 5.91 Å². The molecule has 8 nitrogen and oxygen atoms in total. The zero-order chi connectivity index (χ0) is 24.3. The van der Waals surface area contributed by atoms with E-state index in [4.69, 9.17) is 4.74 Å². The third kappa shape index (κ3) is 4.90. The van der Waals surface area contributed by atoms with Gasteiger partial charge < -0.3 is 14.6 Å². The van der Waals surface area contributed by atoms with Crippen LogP contribution in [0.5, 0.6) is 0 Å². The molecule has 0 radical (unpaired) electrons. The van der Waals surface area contributed by atoms with Gasteiger partial charge in [-0.05, 0) is 69.2 Å². The van der Waals surface area contributed by atoms with E-state index in [1.807, 2.05) is 48.7 Å². The first kappa shape index (κ1) is 23.7. The van der Waals surface area contributed by atoms with Gasteiger partial charge in [0, 0.05) is 35.9 Å². The van der Waals surface area contributed by atoms with Crippen LogP contribution in [0.25, 0.3) is 5.69 Å². The molecule has 1 saturated heterocycles. The van der Waals surface area contributed by atoms with E-state index in [0.29, 0.717) is 24.3 Å². The maximum atomic E-state index is 12.6. The van der Waals surface area contributed by atoms with E-state index in [1.54, 1.807) is 6.07 Å². The van der Waals surface area contributed by atoms with Gasteiger partial charge >= 0.3 is 5.97 Å². The van der Waals surface area contributed by atoms with Gasteiger partial charge in [0.15, 0.2) is 6.61 Å². The number of hydrogen-bond donors (Lipinski definition) is 1. The Labute approximate surface area is 199 Å². The van der Waals surface area contributed by atoms with E-state index in [9.17, 15) is 18.0 Å². The van der Waals surface area contributed by atoms with Crippen LogP contribution in [0.4, 0.5) is 5.69 Å².